The SMILES string of the molecule is COc1cccc(CCl)c1OCc1cccc(Cl)c1F. The fraction of sp³-hybridized carbons (Fsp3) is 0.200. The van der Waals surface area contributed by atoms with Gasteiger partial charge in [-0.05, 0) is 12.1 Å². The summed E-state index contributed by atoms with van der Waals surface area (Å²) in [6.45, 7) is 0.0522. The predicted molar refractivity (Wildman–Crippen MR) is 78.3 cm³/mol. The Labute approximate surface area is 127 Å². The largest absolute Gasteiger partial charge is 0.493 e. The Morgan fingerprint density at radius 2 is 1.80 bits per heavy atom. The topological polar surface area (TPSA) is 18.5 Å². The highest BCUT2D eigenvalue weighted by molar-refractivity contribution is 6.30. The summed E-state index contributed by atoms with van der Waals surface area (Å²) < 4.78 is 24.7. The quantitative estimate of drug-likeness (QED) is 0.738. The van der Waals surface area contributed by atoms with Crippen LogP contribution in [-0.2, 0) is 12.5 Å². The first-order chi connectivity index (χ1) is 9.67. The van der Waals surface area contributed by atoms with Crippen molar-refractivity contribution in [1.82, 2.24) is 0 Å². The molecule has 106 valence electrons. The van der Waals surface area contributed by atoms with Gasteiger partial charge in [0.2, 0.25) is 0 Å². The lowest BCUT2D eigenvalue weighted by Gasteiger charge is -2.14. The van der Waals surface area contributed by atoms with Gasteiger partial charge in [-0.15, -0.1) is 11.6 Å². The van der Waals surface area contributed by atoms with Crippen LogP contribution in [0.1, 0.15) is 11.1 Å². The highest BCUT2D eigenvalue weighted by Gasteiger charge is 2.12. The Hall–Kier alpha value is -1.45. The summed E-state index contributed by atoms with van der Waals surface area (Å²) in [5.74, 6) is 0.885. The fourth-order valence-corrected chi connectivity index (χ4v) is 2.21. The van der Waals surface area contributed by atoms with Gasteiger partial charge in [0.25, 0.3) is 0 Å². The number of halogens is 3. The number of hydrogen-bond donors (Lipinski definition) is 0. The molecule has 0 atom stereocenters. The Morgan fingerprint density at radius 1 is 1.10 bits per heavy atom. The van der Waals surface area contributed by atoms with Gasteiger partial charge in [-0.3, -0.25) is 0 Å². The Bertz CT molecular complexity index is 580. The fourth-order valence-electron chi connectivity index (χ4n) is 1.80. The molecule has 0 N–H and O–H groups in total. The second kappa shape index (κ2) is 6.82. The van der Waals surface area contributed by atoms with E-state index in [1.165, 1.54) is 6.07 Å². The smallest absolute Gasteiger partial charge is 0.166 e. The zero-order valence-electron chi connectivity index (χ0n) is 10.8. The van der Waals surface area contributed by atoms with Crippen molar-refractivity contribution in [3.05, 3.63) is 58.4 Å². The van der Waals surface area contributed by atoms with E-state index < -0.39 is 5.82 Å². The van der Waals surface area contributed by atoms with Gasteiger partial charge in [0.15, 0.2) is 11.5 Å². The van der Waals surface area contributed by atoms with Crippen LogP contribution in [0.5, 0.6) is 11.5 Å². The zero-order chi connectivity index (χ0) is 14.5. The van der Waals surface area contributed by atoms with Crippen molar-refractivity contribution in [1.29, 1.82) is 0 Å². The molecule has 5 heteroatoms. The van der Waals surface area contributed by atoms with Gasteiger partial charge < -0.3 is 9.47 Å². The molecule has 0 amide bonds. The standard InChI is InChI=1S/C15H13Cl2FO2/c1-19-13-7-3-4-10(8-16)15(13)20-9-11-5-2-6-12(17)14(11)18/h2-7H,8-9H2,1H3. The minimum absolute atomic E-state index is 0.0522. The molecule has 2 aromatic carbocycles. The number of methoxy groups -OCH3 is 1. The molecule has 20 heavy (non-hydrogen) atoms. The lowest BCUT2D eigenvalue weighted by atomic mass is 10.2. The molecule has 0 saturated heterocycles. The van der Waals surface area contributed by atoms with Crippen LogP contribution >= 0.6 is 23.2 Å². The van der Waals surface area contributed by atoms with Gasteiger partial charge in [0, 0.05) is 11.1 Å². The number of alkyl halides is 1. The van der Waals surface area contributed by atoms with E-state index in [0.29, 0.717) is 17.1 Å². The Morgan fingerprint density at radius 3 is 2.50 bits per heavy atom. The minimum Gasteiger partial charge on any atom is -0.493 e. The molecule has 2 aromatic rings. The monoisotopic (exact) mass is 314 g/mol. The molecule has 0 fully saturated rings. The van der Waals surface area contributed by atoms with Crippen molar-refractivity contribution in [3.63, 3.8) is 0 Å². The van der Waals surface area contributed by atoms with E-state index in [0.717, 1.165) is 5.56 Å². The molecular formula is C15H13Cl2FO2. The molecule has 0 spiro atoms. The summed E-state index contributed by atoms with van der Waals surface area (Å²) in [5, 5.41) is 0.0729. The minimum atomic E-state index is -0.475. The van der Waals surface area contributed by atoms with E-state index in [1.54, 1.807) is 25.3 Å². The predicted octanol–water partition coefficient (Wildman–Crippen LogP) is 4.81. The van der Waals surface area contributed by atoms with Crippen molar-refractivity contribution in [3.8, 4) is 11.5 Å². The van der Waals surface area contributed by atoms with E-state index in [-0.39, 0.29) is 17.5 Å². The van der Waals surface area contributed by atoms with Crippen LogP contribution in [0.15, 0.2) is 36.4 Å². The van der Waals surface area contributed by atoms with Gasteiger partial charge >= 0.3 is 0 Å². The molecule has 0 aromatic heterocycles. The van der Waals surface area contributed by atoms with Gasteiger partial charge in [-0.2, -0.15) is 0 Å². The summed E-state index contributed by atoms with van der Waals surface area (Å²) in [6.07, 6.45) is 0. The third-order valence-corrected chi connectivity index (χ3v) is 3.41. The van der Waals surface area contributed by atoms with Gasteiger partial charge in [-0.1, -0.05) is 35.9 Å². The molecule has 0 unspecified atom stereocenters. The average Bonchev–Trinajstić information content (AvgIpc) is 2.48. The molecule has 2 nitrogen and oxygen atoms in total. The summed E-state index contributed by atoms with van der Waals surface area (Å²) >= 11 is 11.6. The summed E-state index contributed by atoms with van der Waals surface area (Å²) in [7, 11) is 1.54. The van der Waals surface area contributed by atoms with Gasteiger partial charge in [0.1, 0.15) is 12.4 Å². The average molecular weight is 315 g/mol. The Kier molecular flexibility index (Phi) is 5.10. The number of rotatable bonds is 5. The first kappa shape index (κ1) is 14.9. The Balaban J connectivity index is 2.24. The van der Waals surface area contributed by atoms with E-state index in [9.17, 15) is 4.39 Å². The number of para-hydroxylation sites is 1. The van der Waals surface area contributed by atoms with Gasteiger partial charge in [0.05, 0.1) is 18.0 Å². The molecule has 0 bridgehead atoms. The van der Waals surface area contributed by atoms with Crippen molar-refractivity contribution < 1.29 is 13.9 Å². The van der Waals surface area contributed by atoms with Crippen LogP contribution < -0.4 is 9.47 Å². The third-order valence-electron chi connectivity index (χ3n) is 2.83. The molecule has 0 radical (unpaired) electrons. The van der Waals surface area contributed by atoms with E-state index >= 15 is 0 Å². The van der Waals surface area contributed by atoms with Crippen molar-refractivity contribution >= 4 is 23.2 Å². The summed E-state index contributed by atoms with van der Waals surface area (Å²) in [5.41, 5.74) is 1.16. The molecule has 0 aliphatic rings. The lowest BCUT2D eigenvalue weighted by molar-refractivity contribution is 0.277. The first-order valence-electron chi connectivity index (χ1n) is 5.95. The number of ether oxygens (including phenoxy) is 2. The maximum absolute atomic E-state index is 13.8. The molecular weight excluding hydrogens is 302 g/mol. The second-order valence-corrected chi connectivity index (χ2v) is 4.76. The second-order valence-electron chi connectivity index (χ2n) is 4.08. The van der Waals surface area contributed by atoms with Crippen LogP contribution in [-0.4, -0.2) is 7.11 Å². The van der Waals surface area contributed by atoms with Crippen molar-refractivity contribution in [2.75, 3.05) is 7.11 Å². The van der Waals surface area contributed by atoms with Crippen LogP contribution in [0.4, 0.5) is 4.39 Å². The van der Waals surface area contributed by atoms with E-state index in [1.807, 2.05) is 12.1 Å². The summed E-state index contributed by atoms with van der Waals surface area (Å²) in [6, 6.07) is 10.2. The van der Waals surface area contributed by atoms with Crippen LogP contribution in [0, 0.1) is 5.82 Å². The highest BCUT2D eigenvalue weighted by Crippen LogP contribution is 2.33. The molecule has 2 rings (SSSR count). The van der Waals surface area contributed by atoms with E-state index in [2.05, 4.69) is 0 Å². The number of benzene rings is 2. The van der Waals surface area contributed by atoms with Crippen LogP contribution in [0.3, 0.4) is 0 Å². The maximum Gasteiger partial charge on any atom is 0.166 e. The number of hydrogen-bond acceptors (Lipinski definition) is 2. The zero-order valence-corrected chi connectivity index (χ0v) is 12.3. The van der Waals surface area contributed by atoms with Crippen molar-refractivity contribution in [2.24, 2.45) is 0 Å². The molecule has 0 aliphatic heterocycles. The van der Waals surface area contributed by atoms with Crippen LogP contribution in [0.25, 0.3) is 0 Å². The normalized spacial score (nSPS) is 10.4. The third kappa shape index (κ3) is 3.17. The van der Waals surface area contributed by atoms with Crippen molar-refractivity contribution in [2.45, 2.75) is 12.5 Å². The first-order valence-corrected chi connectivity index (χ1v) is 6.86. The summed E-state index contributed by atoms with van der Waals surface area (Å²) in [4.78, 5) is 0. The molecule has 0 saturated carbocycles. The molecule has 0 heterocycles. The highest BCUT2D eigenvalue weighted by atomic mass is 35.5. The maximum atomic E-state index is 13.8. The van der Waals surface area contributed by atoms with Gasteiger partial charge in [-0.25, -0.2) is 4.39 Å². The van der Waals surface area contributed by atoms with Crippen LogP contribution in [0.2, 0.25) is 5.02 Å². The van der Waals surface area contributed by atoms with E-state index in [4.69, 9.17) is 32.7 Å². The molecule has 0 aliphatic carbocycles. The lowest BCUT2D eigenvalue weighted by Crippen LogP contribution is -2.02.